The number of urea groups is 1. The van der Waals surface area contributed by atoms with Gasteiger partial charge in [0.1, 0.15) is 0 Å². The molecule has 0 aromatic heterocycles. The van der Waals surface area contributed by atoms with E-state index < -0.39 is 10.8 Å². The Labute approximate surface area is 129 Å². The first-order chi connectivity index (χ1) is 10.1. The van der Waals surface area contributed by atoms with E-state index in [9.17, 15) is 9.00 Å². The molecule has 0 saturated heterocycles. The van der Waals surface area contributed by atoms with Crippen molar-refractivity contribution < 1.29 is 13.7 Å². The van der Waals surface area contributed by atoms with E-state index in [2.05, 4.69) is 5.32 Å². The van der Waals surface area contributed by atoms with Crippen LogP contribution >= 0.6 is 0 Å². The molecule has 1 N–H and O–H groups in total. The lowest BCUT2D eigenvalue weighted by Crippen LogP contribution is -2.31. The van der Waals surface area contributed by atoms with Gasteiger partial charge in [-0.15, -0.1) is 0 Å². The zero-order valence-corrected chi connectivity index (χ0v) is 13.7. The number of nitrogens with zero attached hydrogens (tertiary/aromatic N) is 1. The van der Waals surface area contributed by atoms with E-state index in [1.165, 1.54) is 0 Å². The van der Waals surface area contributed by atoms with Crippen LogP contribution in [0.5, 0.6) is 0 Å². The molecule has 21 heavy (non-hydrogen) atoms. The smallest absolute Gasteiger partial charge is 0.321 e. The number of carbonyl (C=O) groups is 1. The molecule has 0 saturated carbocycles. The molecule has 5 nitrogen and oxygen atoms in total. The average Bonchev–Trinajstić information content (AvgIpc) is 2.45. The highest BCUT2D eigenvalue weighted by Gasteiger charge is 2.08. The lowest BCUT2D eigenvalue weighted by molar-refractivity contribution is 0.218. The second-order valence-corrected chi connectivity index (χ2v) is 6.41. The van der Waals surface area contributed by atoms with Gasteiger partial charge in [0.2, 0.25) is 0 Å². The fraction of sp³-hybridized carbons (Fsp3) is 0.533. The van der Waals surface area contributed by atoms with E-state index in [-0.39, 0.29) is 6.03 Å². The Morgan fingerprint density at radius 3 is 2.86 bits per heavy atom. The number of methoxy groups -OCH3 is 1. The summed E-state index contributed by atoms with van der Waals surface area (Å²) in [5, 5.41) is 2.85. The molecular formula is C15H24N2O3S. The maximum atomic E-state index is 11.9. The zero-order valence-electron chi connectivity index (χ0n) is 12.9. The molecule has 1 aromatic rings. The summed E-state index contributed by atoms with van der Waals surface area (Å²) in [6.07, 6.45) is 0.919. The third-order valence-corrected chi connectivity index (χ3v) is 4.20. The van der Waals surface area contributed by atoms with Crippen LogP contribution in [0.2, 0.25) is 0 Å². The largest absolute Gasteiger partial charge is 0.384 e. The number of hydrogen-bond donors (Lipinski definition) is 1. The van der Waals surface area contributed by atoms with Crippen molar-refractivity contribution in [3.63, 3.8) is 0 Å². The number of ether oxygens (including phenoxy) is 1. The minimum atomic E-state index is -0.952. The first-order valence-corrected chi connectivity index (χ1v) is 8.50. The molecule has 1 aromatic carbocycles. The summed E-state index contributed by atoms with van der Waals surface area (Å²) in [6, 6.07) is 7.34. The van der Waals surface area contributed by atoms with Gasteiger partial charge in [0.25, 0.3) is 0 Å². The third kappa shape index (κ3) is 6.73. The van der Waals surface area contributed by atoms with Gasteiger partial charge in [0, 0.05) is 48.7 Å². The molecule has 0 unspecified atom stereocenters. The van der Waals surface area contributed by atoms with Crippen LogP contribution in [-0.4, -0.2) is 48.2 Å². The SMILES string of the molecule is CCCN(C)C(=O)Nc1cccc(C[S@@](=O)CCOC)c1. The lowest BCUT2D eigenvalue weighted by Gasteiger charge is -2.17. The van der Waals surface area contributed by atoms with Gasteiger partial charge in [-0.3, -0.25) is 4.21 Å². The van der Waals surface area contributed by atoms with Gasteiger partial charge in [0.15, 0.2) is 0 Å². The highest BCUT2D eigenvalue weighted by molar-refractivity contribution is 7.84. The number of benzene rings is 1. The van der Waals surface area contributed by atoms with Crippen LogP contribution < -0.4 is 5.32 Å². The molecule has 118 valence electrons. The maximum Gasteiger partial charge on any atom is 0.321 e. The van der Waals surface area contributed by atoms with E-state index in [1.54, 1.807) is 19.1 Å². The predicted molar refractivity (Wildman–Crippen MR) is 87.0 cm³/mol. The van der Waals surface area contributed by atoms with Gasteiger partial charge in [-0.2, -0.15) is 0 Å². The summed E-state index contributed by atoms with van der Waals surface area (Å²) >= 11 is 0. The van der Waals surface area contributed by atoms with Gasteiger partial charge in [-0.1, -0.05) is 19.1 Å². The van der Waals surface area contributed by atoms with Gasteiger partial charge in [-0.25, -0.2) is 4.79 Å². The summed E-state index contributed by atoms with van der Waals surface area (Å²) in [7, 11) is 2.41. The lowest BCUT2D eigenvalue weighted by atomic mass is 10.2. The van der Waals surface area contributed by atoms with Gasteiger partial charge in [-0.05, 0) is 24.1 Å². The van der Waals surface area contributed by atoms with E-state index in [1.807, 2.05) is 31.2 Å². The van der Waals surface area contributed by atoms with Crippen LogP contribution in [0.25, 0.3) is 0 Å². The summed E-state index contributed by atoms with van der Waals surface area (Å²) in [4.78, 5) is 13.6. The highest BCUT2D eigenvalue weighted by Crippen LogP contribution is 2.13. The molecule has 0 spiro atoms. The Morgan fingerprint density at radius 1 is 1.43 bits per heavy atom. The van der Waals surface area contributed by atoms with Crippen molar-refractivity contribution in [3.05, 3.63) is 29.8 Å². The van der Waals surface area contributed by atoms with Gasteiger partial charge >= 0.3 is 6.03 Å². The van der Waals surface area contributed by atoms with Crippen LogP contribution in [-0.2, 0) is 21.3 Å². The topological polar surface area (TPSA) is 58.6 Å². The number of anilines is 1. The number of amides is 2. The Balaban J connectivity index is 2.59. The summed E-state index contributed by atoms with van der Waals surface area (Å²) in [6.45, 7) is 3.23. The van der Waals surface area contributed by atoms with Crippen molar-refractivity contribution in [2.45, 2.75) is 19.1 Å². The number of rotatable bonds is 8. The van der Waals surface area contributed by atoms with E-state index in [0.29, 0.717) is 24.7 Å². The normalized spacial score (nSPS) is 12.0. The molecule has 0 bridgehead atoms. The van der Waals surface area contributed by atoms with Crippen LogP contribution in [0, 0.1) is 0 Å². The Kier molecular flexibility index (Phi) is 8.00. The van der Waals surface area contributed by atoms with Crippen molar-refractivity contribution in [2.24, 2.45) is 0 Å². The van der Waals surface area contributed by atoms with Crippen LogP contribution in [0.1, 0.15) is 18.9 Å². The second-order valence-electron chi connectivity index (χ2n) is 4.83. The van der Waals surface area contributed by atoms with E-state index >= 15 is 0 Å². The molecule has 0 heterocycles. The van der Waals surface area contributed by atoms with Crippen molar-refractivity contribution in [2.75, 3.05) is 38.4 Å². The third-order valence-electron chi connectivity index (χ3n) is 2.93. The van der Waals surface area contributed by atoms with E-state index in [0.717, 1.165) is 17.7 Å². The molecule has 0 aliphatic heterocycles. The monoisotopic (exact) mass is 312 g/mol. The molecule has 1 atom stereocenters. The van der Waals surface area contributed by atoms with E-state index in [4.69, 9.17) is 4.74 Å². The van der Waals surface area contributed by atoms with Gasteiger partial charge in [0.05, 0.1) is 6.61 Å². The molecule has 0 aliphatic rings. The fourth-order valence-electron chi connectivity index (χ4n) is 1.83. The van der Waals surface area contributed by atoms with Crippen LogP contribution in [0.15, 0.2) is 24.3 Å². The van der Waals surface area contributed by atoms with Crippen molar-refractivity contribution in [1.82, 2.24) is 4.90 Å². The Bertz CT molecular complexity index is 480. The number of nitrogens with one attached hydrogen (secondary N) is 1. The Hall–Kier alpha value is -1.40. The molecule has 0 aliphatic carbocycles. The first-order valence-electron chi connectivity index (χ1n) is 7.01. The molecule has 0 radical (unpaired) electrons. The van der Waals surface area contributed by atoms with Crippen molar-refractivity contribution in [1.29, 1.82) is 0 Å². The highest BCUT2D eigenvalue weighted by atomic mass is 32.2. The summed E-state index contributed by atoms with van der Waals surface area (Å²) in [5.74, 6) is 0.990. The maximum absolute atomic E-state index is 11.9. The summed E-state index contributed by atoms with van der Waals surface area (Å²) < 4.78 is 16.8. The average molecular weight is 312 g/mol. The Morgan fingerprint density at radius 2 is 2.19 bits per heavy atom. The van der Waals surface area contributed by atoms with Crippen LogP contribution in [0.4, 0.5) is 10.5 Å². The standard InChI is InChI=1S/C15H24N2O3S/c1-4-8-17(2)15(18)16-14-7-5-6-13(11-14)12-21(19)10-9-20-3/h5-7,11H,4,8-10,12H2,1-3H3,(H,16,18)/t21-/m0/s1. The molecule has 2 amide bonds. The fourth-order valence-corrected chi connectivity index (χ4v) is 2.88. The first kappa shape index (κ1) is 17.7. The zero-order chi connectivity index (χ0) is 15.7. The van der Waals surface area contributed by atoms with Gasteiger partial charge < -0.3 is 15.0 Å². The minimum absolute atomic E-state index is 0.130. The molecule has 1 rings (SSSR count). The van der Waals surface area contributed by atoms with Crippen molar-refractivity contribution >= 4 is 22.5 Å². The number of carbonyl (C=O) groups excluding carboxylic acids is 1. The molecule has 0 fully saturated rings. The van der Waals surface area contributed by atoms with Crippen molar-refractivity contribution in [3.8, 4) is 0 Å². The minimum Gasteiger partial charge on any atom is -0.384 e. The van der Waals surface area contributed by atoms with Crippen LogP contribution in [0.3, 0.4) is 0 Å². The molecular weight excluding hydrogens is 288 g/mol. The second kappa shape index (κ2) is 9.52. The quantitative estimate of drug-likeness (QED) is 0.802. The predicted octanol–water partition coefficient (Wildman–Crippen LogP) is 2.46. The molecule has 6 heteroatoms. The number of hydrogen-bond acceptors (Lipinski definition) is 3. The summed E-state index contributed by atoms with van der Waals surface area (Å²) in [5.41, 5.74) is 1.67.